The zero-order chi connectivity index (χ0) is 15.5. The number of rotatable bonds is 4. The largest absolute Gasteiger partial charge is 0.390 e. The molecule has 3 N–H and O–H groups in total. The summed E-state index contributed by atoms with van der Waals surface area (Å²) in [5, 5.41) is 10.1. The molecule has 0 radical (unpaired) electrons. The van der Waals surface area contributed by atoms with Crippen molar-refractivity contribution in [2.45, 2.75) is 58.1 Å². The summed E-state index contributed by atoms with van der Waals surface area (Å²) in [5.74, 6) is 0. The van der Waals surface area contributed by atoms with E-state index in [0.717, 1.165) is 45.3 Å². The van der Waals surface area contributed by atoms with Crippen LogP contribution in [0.3, 0.4) is 0 Å². The van der Waals surface area contributed by atoms with Crippen molar-refractivity contribution < 1.29 is 5.11 Å². The van der Waals surface area contributed by atoms with Gasteiger partial charge in [-0.1, -0.05) is 29.3 Å². The van der Waals surface area contributed by atoms with E-state index < -0.39 is 5.60 Å². The summed E-state index contributed by atoms with van der Waals surface area (Å²) in [6, 6.07) is 6.69. The molecule has 3 nitrogen and oxygen atoms in total. The summed E-state index contributed by atoms with van der Waals surface area (Å²) < 4.78 is 0. The molecule has 21 heavy (non-hydrogen) atoms. The van der Waals surface area contributed by atoms with Crippen LogP contribution in [0.1, 0.15) is 55.3 Å². The van der Waals surface area contributed by atoms with E-state index >= 15 is 0 Å². The van der Waals surface area contributed by atoms with Crippen LogP contribution in [-0.2, 0) is 0 Å². The van der Waals surface area contributed by atoms with Crippen molar-refractivity contribution in [2.24, 2.45) is 5.73 Å². The third-order valence-corrected chi connectivity index (χ3v) is 4.58. The quantitative estimate of drug-likeness (QED) is 0.896. The lowest BCUT2D eigenvalue weighted by atomic mass is 9.98. The first-order valence-electron chi connectivity index (χ1n) is 8.14. The molecule has 0 spiro atoms. The van der Waals surface area contributed by atoms with Crippen molar-refractivity contribution in [1.82, 2.24) is 4.90 Å². The van der Waals surface area contributed by atoms with E-state index in [9.17, 15) is 5.11 Å². The summed E-state index contributed by atoms with van der Waals surface area (Å²) in [6.07, 6.45) is 3.83. The van der Waals surface area contributed by atoms with E-state index in [1.54, 1.807) is 0 Å². The van der Waals surface area contributed by atoms with Crippen molar-refractivity contribution in [1.29, 1.82) is 0 Å². The van der Waals surface area contributed by atoms with Crippen LogP contribution in [0.25, 0.3) is 0 Å². The Kier molecular flexibility index (Phi) is 5.42. The van der Waals surface area contributed by atoms with E-state index in [1.165, 1.54) is 16.7 Å². The molecule has 2 rings (SSSR count). The standard InChI is InChI=1S/C18H30N2O/c1-14-11-15(2)13-16(12-14)17(19)5-9-20-8-4-6-18(3,21)7-10-20/h11-13,17,21H,4-10,19H2,1-3H3. The van der Waals surface area contributed by atoms with Gasteiger partial charge in [0.25, 0.3) is 0 Å². The molecule has 0 saturated carbocycles. The minimum Gasteiger partial charge on any atom is -0.390 e. The molecule has 1 aliphatic rings. The Bertz CT molecular complexity index is 450. The zero-order valence-electron chi connectivity index (χ0n) is 13.7. The molecule has 1 aliphatic heterocycles. The SMILES string of the molecule is Cc1cc(C)cc(C(N)CCN2CCCC(C)(O)CC2)c1. The van der Waals surface area contributed by atoms with E-state index in [1.807, 2.05) is 6.92 Å². The minimum absolute atomic E-state index is 0.104. The average Bonchev–Trinajstić information content (AvgIpc) is 2.56. The molecule has 1 fully saturated rings. The summed E-state index contributed by atoms with van der Waals surface area (Å²) in [5.41, 5.74) is 9.70. The van der Waals surface area contributed by atoms with Gasteiger partial charge in [0.05, 0.1) is 5.60 Å². The molecule has 0 amide bonds. The number of aryl methyl sites for hydroxylation is 2. The second-order valence-corrected chi connectivity index (χ2v) is 7.01. The lowest BCUT2D eigenvalue weighted by Crippen LogP contribution is -2.30. The molecule has 1 aromatic carbocycles. The van der Waals surface area contributed by atoms with Gasteiger partial charge in [0.15, 0.2) is 0 Å². The molecule has 3 heteroatoms. The molecule has 118 valence electrons. The zero-order valence-corrected chi connectivity index (χ0v) is 13.7. The van der Waals surface area contributed by atoms with Gasteiger partial charge >= 0.3 is 0 Å². The fourth-order valence-electron chi connectivity index (χ4n) is 3.26. The van der Waals surface area contributed by atoms with Crippen molar-refractivity contribution in [3.8, 4) is 0 Å². The molecule has 1 heterocycles. The first-order chi connectivity index (χ1) is 9.85. The maximum atomic E-state index is 10.1. The number of likely N-dealkylation sites (tertiary alicyclic amines) is 1. The van der Waals surface area contributed by atoms with Crippen LogP contribution in [0.4, 0.5) is 0 Å². The predicted molar refractivity (Wildman–Crippen MR) is 88.4 cm³/mol. The summed E-state index contributed by atoms with van der Waals surface area (Å²) in [7, 11) is 0. The average molecular weight is 290 g/mol. The van der Waals surface area contributed by atoms with Crippen LogP contribution in [0.2, 0.25) is 0 Å². The highest BCUT2D eigenvalue weighted by Crippen LogP contribution is 2.23. The van der Waals surface area contributed by atoms with Crippen LogP contribution in [0.5, 0.6) is 0 Å². The van der Waals surface area contributed by atoms with Gasteiger partial charge < -0.3 is 15.7 Å². The lowest BCUT2D eigenvalue weighted by molar-refractivity contribution is 0.0446. The van der Waals surface area contributed by atoms with Gasteiger partial charge in [-0.2, -0.15) is 0 Å². The van der Waals surface area contributed by atoms with Gasteiger partial charge in [0.1, 0.15) is 0 Å². The van der Waals surface area contributed by atoms with Crippen molar-refractivity contribution in [3.63, 3.8) is 0 Å². The lowest BCUT2D eigenvalue weighted by Gasteiger charge is -2.24. The van der Waals surface area contributed by atoms with Crippen LogP contribution in [0.15, 0.2) is 18.2 Å². The van der Waals surface area contributed by atoms with Crippen molar-refractivity contribution in [2.75, 3.05) is 19.6 Å². The van der Waals surface area contributed by atoms with E-state index in [-0.39, 0.29) is 6.04 Å². The van der Waals surface area contributed by atoms with E-state index in [2.05, 4.69) is 36.9 Å². The highest BCUT2D eigenvalue weighted by molar-refractivity contribution is 5.30. The maximum absolute atomic E-state index is 10.1. The number of nitrogens with two attached hydrogens (primary N) is 1. The molecule has 2 atom stereocenters. The summed E-state index contributed by atoms with van der Waals surface area (Å²) in [4.78, 5) is 2.45. The summed E-state index contributed by atoms with van der Waals surface area (Å²) >= 11 is 0. The van der Waals surface area contributed by atoms with Gasteiger partial charge in [-0.3, -0.25) is 0 Å². The number of hydrogen-bond acceptors (Lipinski definition) is 3. The Labute approximate surface area is 129 Å². The van der Waals surface area contributed by atoms with Crippen LogP contribution in [-0.4, -0.2) is 35.2 Å². The fourth-order valence-corrected chi connectivity index (χ4v) is 3.26. The van der Waals surface area contributed by atoms with Crippen LogP contribution in [0, 0.1) is 13.8 Å². The maximum Gasteiger partial charge on any atom is 0.0632 e. The van der Waals surface area contributed by atoms with E-state index in [4.69, 9.17) is 5.73 Å². The van der Waals surface area contributed by atoms with Crippen LogP contribution >= 0.6 is 0 Å². The van der Waals surface area contributed by atoms with Crippen molar-refractivity contribution in [3.05, 3.63) is 34.9 Å². The van der Waals surface area contributed by atoms with Gasteiger partial charge in [0.2, 0.25) is 0 Å². The highest BCUT2D eigenvalue weighted by atomic mass is 16.3. The molecule has 0 bridgehead atoms. The monoisotopic (exact) mass is 290 g/mol. The topological polar surface area (TPSA) is 49.5 Å². The van der Waals surface area contributed by atoms with Crippen LogP contribution < -0.4 is 5.73 Å². The summed E-state index contributed by atoms with van der Waals surface area (Å²) in [6.45, 7) is 9.28. The third kappa shape index (κ3) is 5.10. The number of hydrogen-bond donors (Lipinski definition) is 2. The Balaban J connectivity index is 1.87. The van der Waals surface area contributed by atoms with Gasteiger partial charge in [-0.05, 0) is 65.1 Å². The molecular weight excluding hydrogens is 260 g/mol. The Morgan fingerprint density at radius 1 is 1.19 bits per heavy atom. The second-order valence-electron chi connectivity index (χ2n) is 7.01. The van der Waals surface area contributed by atoms with Gasteiger partial charge in [0, 0.05) is 12.6 Å². The van der Waals surface area contributed by atoms with Gasteiger partial charge in [-0.25, -0.2) is 0 Å². The highest BCUT2D eigenvalue weighted by Gasteiger charge is 2.24. The first-order valence-corrected chi connectivity index (χ1v) is 8.14. The molecule has 2 unspecified atom stereocenters. The number of nitrogens with zero attached hydrogens (tertiary/aromatic N) is 1. The second kappa shape index (κ2) is 6.91. The normalized spacial score (nSPS) is 25.6. The molecule has 1 aromatic rings. The minimum atomic E-state index is -0.482. The Hall–Kier alpha value is -0.900. The Morgan fingerprint density at radius 2 is 1.86 bits per heavy atom. The first kappa shape index (κ1) is 16.5. The molecular formula is C18H30N2O. The van der Waals surface area contributed by atoms with Gasteiger partial charge in [-0.15, -0.1) is 0 Å². The van der Waals surface area contributed by atoms with E-state index in [0.29, 0.717) is 0 Å². The molecule has 0 aliphatic carbocycles. The Morgan fingerprint density at radius 3 is 2.52 bits per heavy atom. The smallest absolute Gasteiger partial charge is 0.0632 e. The number of aliphatic hydroxyl groups is 1. The molecule has 0 aromatic heterocycles. The number of benzene rings is 1. The predicted octanol–water partition coefficient (Wildman–Crippen LogP) is 2.93. The third-order valence-electron chi connectivity index (χ3n) is 4.58. The van der Waals surface area contributed by atoms with Crippen molar-refractivity contribution >= 4 is 0 Å². The fraction of sp³-hybridized carbons (Fsp3) is 0.667. The molecule has 1 saturated heterocycles.